The van der Waals surface area contributed by atoms with Gasteiger partial charge in [0.2, 0.25) is 0 Å². The van der Waals surface area contributed by atoms with Crippen LogP contribution in [0.4, 0.5) is 10.2 Å². The lowest BCUT2D eigenvalue weighted by atomic mass is 10.1. The van der Waals surface area contributed by atoms with Gasteiger partial charge in [-0.15, -0.1) is 11.3 Å². The number of nitrogens with zero attached hydrogens (tertiary/aromatic N) is 2. The van der Waals surface area contributed by atoms with Gasteiger partial charge in [-0.05, 0) is 62.4 Å². The quantitative estimate of drug-likeness (QED) is 0.294. The number of carboxylic acid groups (broad SMARTS) is 1. The molecule has 2 N–H and O–H groups in total. The van der Waals surface area contributed by atoms with Crippen molar-refractivity contribution in [3.63, 3.8) is 0 Å². The van der Waals surface area contributed by atoms with Crippen LogP contribution in [0.3, 0.4) is 0 Å². The van der Waals surface area contributed by atoms with Crippen LogP contribution in [-0.2, 0) is 11.2 Å². The van der Waals surface area contributed by atoms with Gasteiger partial charge < -0.3 is 19.9 Å². The van der Waals surface area contributed by atoms with Gasteiger partial charge in [0.1, 0.15) is 18.0 Å². The van der Waals surface area contributed by atoms with E-state index in [4.69, 9.17) is 14.6 Å². The molecule has 0 amide bonds. The van der Waals surface area contributed by atoms with Crippen LogP contribution >= 0.6 is 11.3 Å². The Hall–Kier alpha value is -3.72. The maximum Gasteiger partial charge on any atom is 0.341 e. The van der Waals surface area contributed by atoms with Gasteiger partial charge in [0.25, 0.3) is 0 Å². The number of ether oxygens (including phenoxy) is 2. The highest BCUT2D eigenvalue weighted by molar-refractivity contribution is 7.19. The molecule has 9 heteroatoms. The number of fused-ring (bicyclic) bond motifs is 1. The van der Waals surface area contributed by atoms with E-state index in [-0.39, 0.29) is 5.82 Å². The molecule has 182 valence electrons. The number of aryl methyl sites for hydroxylation is 2. The smallest absolute Gasteiger partial charge is 0.341 e. The zero-order valence-corrected chi connectivity index (χ0v) is 20.5. The van der Waals surface area contributed by atoms with E-state index in [1.165, 1.54) is 22.8 Å². The minimum Gasteiger partial charge on any atom is -0.490 e. The van der Waals surface area contributed by atoms with Gasteiger partial charge in [0.15, 0.2) is 18.1 Å². The summed E-state index contributed by atoms with van der Waals surface area (Å²) >= 11 is 1.63. The summed E-state index contributed by atoms with van der Waals surface area (Å²) in [5.74, 6) is 0.255. The Morgan fingerprint density at radius 1 is 1.11 bits per heavy atom. The van der Waals surface area contributed by atoms with Crippen LogP contribution < -0.4 is 14.8 Å². The number of nitrogens with one attached hydrogen (secondary N) is 1. The summed E-state index contributed by atoms with van der Waals surface area (Å²) in [5.41, 5.74) is 3.39. The number of anilines is 1. The second-order valence-corrected chi connectivity index (χ2v) is 9.15. The van der Waals surface area contributed by atoms with Gasteiger partial charge in [-0.3, -0.25) is 0 Å². The molecule has 0 aliphatic carbocycles. The van der Waals surface area contributed by atoms with E-state index in [0.29, 0.717) is 41.7 Å². The van der Waals surface area contributed by atoms with Gasteiger partial charge in [-0.2, -0.15) is 0 Å². The molecule has 0 saturated carbocycles. The lowest BCUT2D eigenvalue weighted by molar-refractivity contribution is -0.139. The number of benzene rings is 2. The predicted molar refractivity (Wildman–Crippen MR) is 135 cm³/mol. The van der Waals surface area contributed by atoms with Crippen molar-refractivity contribution in [3.8, 4) is 22.8 Å². The number of thiophene rings is 1. The molecule has 0 saturated heterocycles. The van der Waals surface area contributed by atoms with Crippen LogP contribution in [0.1, 0.15) is 22.9 Å². The van der Waals surface area contributed by atoms with Crippen molar-refractivity contribution < 1.29 is 23.8 Å². The summed E-state index contributed by atoms with van der Waals surface area (Å²) < 4.78 is 25.9. The van der Waals surface area contributed by atoms with Crippen LogP contribution in [-0.4, -0.2) is 40.8 Å². The molecule has 4 rings (SSSR count). The fraction of sp³-hybridized carbons (Fsp3) is 0.269. The zero-order chi connectivity index (χ0) is 24.9. The van der Waals surface area contributed by atoms with Crippen molar-refractivity contribution >= 4 is 33.2 Å². The fourth-order valence-electron chi connectivity index (χ4n) is 3.87. The summed E-state index contributed by atoms with van der Waals surface area (Å²) in [7, 11) is 0. The number of hydrogen-bond donors (Lipinski definition) is 2. The molecule has 0 bridgehead atoms. The zero-order valence-electron chi connectivity index (χ0n) is 19.7. The van der Waals surface area contributed by atoms with Gasteiger partial charge in [0.05, 0.1) is 12.3 Å². The van der Waals surface area contributed by atoms with Crippen LogP contribution in [0.5, 0.6) is 11.5 Å². The SMILES string of the molecule is CCOc1cc(-c2cc(NCCc3c(C)sc4c(C)c(F)ccc34)ncn2)ccc1OCC(=O)O. The van der Waals surface area contributed by atoms with Crippen molar-refractivity contribution in [1.82, 2.24) is 9.97 Å². The molecule has 7 nitrogen and oxygen atoms in total. The Bertz CT molecular complexity index is 1370. The van der Waals surface area contributed by atoms with Crippen molar-refractivity contribution in [2.45, 2.75) is 27.2 Å². The second kappa shape index (κ2) is 10.7. The van der Waals surface area contributed by atoms with Crippen molar-refractivity contribution in [1.29, 1.82) is 0 Å². The van der Waals surface area contributed by atoms with Crippen molar-refractivity contribution in [2.75, 3.05) is 25.1 Å². The molecule has 0 radical (unpaired) electrons. The minimum atomic E-state index is -1.06. The summed E-state index contributed by atoms with van der Waals surface area (Å²) in [6.45, 7) is 6.35. The summed E-state index contributed by atoms with van der Waals surface area (Å²) in [5, 5.41) is 13.3. The first-order chi connectivity index (χ1) is 16.9. The molecule has 2 aromatic carbocycles. The Kier molecular flexibility index (Phi) is 7.45. The maximum absolute atomic E-state index is 13.9. The Balaban J connectivity index is 1.49. The lowest BCUT2D eigenvalue weighted by Crippen LogP contribution is -2.10. The van der Waals surface area contributed by atoms with E-state index in [9.17, 15) is 9.18 Å². The fourth-order valence-corrected chi connectivity index (χ4v) is 5.07. The van der Waals surface area contributed by atoms with E-state index in [1.54, 1.807) is 29.5 Å². The van der Waals surface area contributed by atoms with Crippen LogP contribution in [0.25, 0.3) is 21.3 Å². The average molecular weight is 496 g/mol. The van der Waals surface area contributed by atoms with Crippen molar-refractivity contribution in [3.05, 3.63) is 64.5 Å². The normalized spacial score (nSPS) is 11.0. The molecule has 2 aromatic heterocycles. The first kappa shape index (κ1) is 24.4. The molecule has 0 fully saturated rings. The third-order valence-corrected chi connectivity index (χ3v) is 6.87. The second-order valence-electron chi connectivity index (χ2n) is 7.93. The number of aromatic nitrogens is 2. The van der Waals surface area contributed by atoms with Crippen molar-refractivity contribution in [2.24, 2.45) is 0 Å². The molecule has 0 atom stereocenters. The Morgan fingerprint density at radius 2 is 1.94 bits per heavy atom. The lowest BCUT2D eigenvalue weighted by Gasteiger charge is -2.13. The largest absolute Gasteiger partial charge is 0.490 e. The van der Waals surface area contributed by atoms with E-state index in [0.717, 1.165) is 22.1 Å². The molecule has 0 unspecified atom stereocenters. The Labute approximate surface area is 206 Å². The third kappa shape index (κ3) is 5.51. The average Bonchev–Trinajstić information content (AvgIpc) is 3.17. The van der Waals surface area contributed by atoms with Gasteiger partial charge in [-0.25, -0.2) is 19.2 Å². The monoisotopic (exact) mass is 495 g/mol. The highest BCUT2D eigenvalue weighted by Crippen LogP contribution is 2.35. The predicted octanol–water partition coefficient (Wildman–Crippen LogP) is 5.63. The molecular formula is C26H26FN3O4S. The highest BCUT2D eigenvalue weighted by Gasteiger charge is 2.14. The van der Waals surface area contributed by atoms with E-state index < -0.39 is 12.6 Å². The minimum absolute atomic E-state index is 0.175. The van der Waals surface area contributed by atoms with Gasteiger partial charge in [-0.1, -0.05) is 6.07 Å². The van der Waals surface area contributed by atoms with Gasteiger partial charge in [0, 0.05) is 33.3 Å². The summed E-state index contributed by atoms with van der Waals surface area (Å²) in [4.78, 5) is 20.7. The molecular weight excluding hydrogens is 469 g/mol. The van der Waals surface area contributed by atoms with Gasteiger partial charge >= 0.3 is 5.97 Å². The maximum atomic E-state index is 13.9. The number of carbonyl (C=O) groups is 1. The van der Waals surface area contributed by atoms with E-state index in [2.05, 4.69) is 22.2 Å². The summed E-state index contributed by atoms with van der Waals surface area (Å²) in [6, 6.07) is 10.5. The first-order valence-electron chi connectivity index (χ1n) is 11.2. The third-order valence-electron chi connectivity index (χ3n) is 5.58. The highest BCUT2D eigenvalue weighted by atomic mass is 32.1. The summed E-state index contributed by atoms with van der Waals surface area (Å²) in [6.07, 6.45) is 2.27. The number of hydrogen-bond acceptors (Lipinski definition) is 7. The molecule has 0 spiro atoms. The topological polar surface area (TPSA) is 93.6 Å². The number of rotatable bonds is 10. The van der Waals surface area contributed by atoms with Crippen LogP contribution in [0.15, 0.2) is 42.7 Å². The van der Waals surface area contributed by atoms with E-state index >= 15 is 0 Å². The first-order valence-corrected chi connectivity index (χ1v) is 12.0. The number of aliphatic carboxylic acids is 1. The number of carboxylic acids is 1. The van der Waals surface area contributed by atoms with Crippen LogP contribution in [0, 0.1) is 19.7 Å². The standard InChI is InChI=1S/C26H26FN3O4S/c1-4-33-23-11-17(5-8-22(23)34-13-25(31)32)21-12-24(30-14-29-21)28-10-9-18-16(3)35-26-15(2)20(27)7-6-19(18)26/h5-8,11-12,14H,4,9-10,13H2,1-3H3,(H,31,32)(H,28,29,30). The number of halogens is 1. The molecule has 35 heavy (non-hydrogen) atoms. The van der Waals surface area contributed by atoms with E-state index in [1.807, 2.05) is 26.0 Å². The molecule has 2 heterocycles. The molecule has 4 aromatic rings. The molecule has 0 aliphatic rings. The van der Waals surface area contributed by atoms with Crippen LogP contribution in [0.2, 0.25) is 0 Å². The molecule has 0 aliphatic heterocycles. The Morgan fingerprint density at radius 3 is 2.71 bits per heavy atom.